The van der Waals surface area contributed by atoms with Crippen molar-refractivity contribution in [2.24, 2.45) is 17.8 Å². The molecule has 0 aromatic heterocycles. The minimum absolute atomic E-state index is 0.0318. The fourth-order valence-corrected chi connectivity index (χ4v) is 5.24. The molecule has 0 radical (unpaired) electrons. The van der Waals surface area contributed by atoms with Gasteiger partial charge >= 0.3 is 12.1 Å². The first kappa shape index (κ1) is 19.6. The summed E-state index contributed by atoms with van der Waals surface area (Å²) in [5.74, 6) is -1.10. The zero-order chi connectivity index (χ0) is 21.5. The summed E-state index contributed by atoms with van der Waals surface area (Å²) in [5.41, 5.74) is 4.58. The second-order valence-electron chi connectivity index (χ2n) is 8.50. The molecule has 1 unspecified atom stereocenters. The van der Waals surface area contributed by atoms with Crippen LogP contribution in [0.25, 0.3) is 11.1 Å². The Labute approximate surface area is 180 Å². The molecule has 1 aliphatic heterocycles. The summed E-state index contributed by atoms with van der Waals surface area (Å²) in [5, 5.41) is 11.7. The van der Waals surface area contributed by atoms with Gasteiger partial charge in [0.15, 0.2) is 0 Å². The van der Waals surface area contributed by atoms with E-state index in [1.54, 1.807) is 4.90 Å². The van der Waals surface area contributed by atoms with E-state index >= 15 is 0 Å². The normalized spacial score (nSPS) is 23.4. The molecule has 7 heteroatoms. The van der Waals surface area contributed by atoms with Gasteiger partial charge < -0.3 is 20.1 Å². The highest BCUT2D eigenvalue weighted by molar-refractivity contribution is 5.83. The number of benzene rings is 2. The van der Waals surface area contributed by atoms with Crippen molar-refractivity contribution in [3.05, 3.63) is 59.7 Å². The fraction of sp³-hybridized carbons (Fsp3) is 0.375. The maximum absolute atomic E-state index is 12.4. The molecule has 2 aromatic carbocycles. The molecule has 2 N–H and O–H groups in total. The molecule has 160 valence electrons. The molecule has 1 saturated carbocycles. The molecular weight excluding hydrogens is 396 g/mol. The SMILES string of the molecule is O=C(NCC(=O)N1CC[C@H]2C(C(=O)O)[C@H]2C1)OCC1c2ccccc2-c2ccccc21. The van der Waals surface area contributed by atoms with Gasteiger partial charge in [-0.3, -0.25) is 9.59 Å². The van der Waals surface area contributed by atoms with Gasteiger partial charge in [0.05, 0.1) is 5.92 Å². The van der Waals surface area contributed by atoms with Crippen LogP contribution in [0.15, 0.2) is 48.5 Å². The van der Waals surface area contributed by atoms with Crippen molar-refractivity contribution in [3.63, 3.8) is 0 Å². The highest BCUT2D eigenvalue weighted by Gasteiger charge is 2.57. The number of amides is 2. The number of alkyl carbamates (subject to hydrolysis) is 1. The van der Waals surface area contributed by atoms with Crippen molar-refractivity contribution in [1.82, 2.24) is 10.2 Å². The topological polar surface area (TPSA) is 95.9 Å². The largest absolute Gasteiger partial charge is 0.481 e. The average Bonchev–Trinajstić information content (AvgIpc) is 3.43. The number of carboxylic acid groups (broad SMARTS) is 1. The van der Waals surface area contributed by atoms with E-state index in [2.05, 4.69) is 29.6 Å². The number of ether oxygens (including phenoxy) is 1. The number of fused-ring (bicyclic) bond motifs is 4. The zero-order valence-corrected chi connectivity index (χ0v) is 17.0. The maximum Gasteiger partial charge on any atom is 0.407 e. The third kappa shape index (κ3) is 3.54. The van der Waals surface area contributed by atoms with Crippen molar-refractivity contribution < 1.29 is 24.2 Å². The van der Waals surface area contributed by atoms with E-state index in [1.807, 2.05) is 24.3 Å². The number of aliphatic carboxylic acids is 1. The van der Waals surface area contributed by atoms with Gasteiger partial charge in [0.25, 0.3) is 0 Å². The van der Waals surface area contributed by atoms with E-state index in [0.29, 0.717) is 19.5 Å². The van der Waals surface area contributed by atoms with E-state index in [-0.39, 0.29) is 42.7 Å². The van der Waals surface area contributed by atoms with Gasteiger partial charge in [-0.25, -0.2) is 4.79 Å². The van der Waals surface area contributed by atoms with Gasteiger partial charge in [-0.1, -0.05) is 48.5 Å². The van der Waals surface area contributed by atoms with Crippen LogP contribution in [0.5, 0.6) is 0 Å². The molecular formula is C24H24N2O5. The molecule has 3 aliphatic rings. The molecule has 2 amide bonds. The molecule has 3 atom stereocenters. The number of carbonyl (C=O) groups is 3. The van der Waals surface area contributed by atoms with E-state index in [9.17, 15) is 19.5 Å². The van der Waals surface area contributed by atoms with Crippen molar-refractivity contribution in [3.8, 4) is 11.1 Å². The standard InChI is InChI=1S/C24H24N2O5/c27-21(26-10-9-18-19(12-26)22(18)23(28)29)11-25-24(30)31-13-20-16-7-3-1-5-14(16)15-6-2-4-8-17(15)20/h1-8,18-20,22H,9-13H2,(H,25,30)(H,28,29)/t18-,19+,22?/m1/s1. The monoisotopic (exact) mass is 420 g/mol. The van der Waals surface area contributed by atoms with Crippen LogP contribution in [0.1, 0.15) is 23.5 Å². The lowest BCUT2D eigenvalue weighted by molar-refractivity contribution is -0.139. The summed E-state index contributed by atoms with van der Waals surface area (Å²) in [6.07, 6.45) is 0.0816. The second-order valence-corrected chi connectivity index (χ2v) is 8.50. The Hall–Kier alpha value is -3.35. The van der Waals surface area contributed by atoms with Crippen molar-refractivity contribution >= 4 is 18.0 Å². The lowest BCUT2D eigenvalue weighted by atomic mass is 9.98. The van der Waals surface area contributed by atoms with E-state index in [1.165, 1.54) is 0 Å². The van der Waals surface area contributed by atoms with Crippen molar-refractivity contribution in [2.45, 2.75) is 12.3 Å². The number of likely N-dealkylation sites (tertiary alicyclic amines) is 1. The van der Waals surface area contributed by atoms with Gasteiger partial charge in [-0.05, 0) is 40.5 Å². The lowest BCUT2D eigenvalue weighted by Crippen LogP contribution is -2.43. The average molecular weight is 420 g/mol. The first-order chi connectivity index (χ1) is 15.0. The van der Waals surface area contributed by atoms with Crippen LogP contribution in [-0.2, 0) is 14.3 Å². The third-order valence-corrected chi connectivity index (χ3v) is 6.86. The fourth-order valence-electron chi connectivity index (χ4n) is 5.24. The number of hydrogen-bond donors (Lipinski definition) is 2. The van der Waals surface area contributed by atoms with Crippen LogP contribution >= 0.6 is 0 Å². The summed E-state index contributed by atoms with van der Waals surface area (Å²) < 4.78 is 5.46. The summed E-state index contributed by atoms with van der Waals surface area (Å²) >= 11 is 0. The number of carbonyl (C=O) groups excluding carboxylic acids is 2. The molecule has 0 spiro atoms. The highest BCUT2D eigenvalue weighted by Crippen LogP contribution is 2.51. The zero-order valence-electron chi connectivity index (χ0n) is 17.0. The van der Waals surface area contributed by atoms with Crippen LogP contribution in [0.3, 0.4) is 0 Å². The predicted octanol–water partition coefficient (Wildman–Crippen LogP) is 2.70. The van der Waals surface area contributed by atoms with E-state index in [4.69, 9.17) is 4.74 Å². The smallest absolute Gasteiger partial charge is 0.407 e. The Bertz CT molecular complexity index is 1010. The van der Waals surface area contributed by atoms with Gasteiger partial charge in [0, 0.05) is 19.0 Å². The summed E-state index contributed by atoms with van der Waals surface area (Å²) in [4.78, 5) is 37.5. The minimum Gasteiger partial charge on any atom is -0.481 e. The molecule has 0 bridgehead atoms. The highest BCUT2D eigenvalue weighted by atomic mass is 16.5. The van der Waals surface area contributed by atoms with Gasteiger partial charge in [0.2, 0.25) is 5.91 Å². The Morgan fingerprint density at radius 1 is 1.00 bits per heavy atom. The van der Waals surface area contributed by atoms with Gasteiger partial charge in [0.1, 0.15) is 13.2 Å². The van der Waals surface area contributed by atoms with Crippen molar-refractivity contribution in [2.75, 3.05) is 26.2 Å². The Balaban J connectivity index is 1.14. The number of hydrogen-bond acceptors (Lipinski definition) is 4. The number of nitrogens with one attached hydrogen (secondary N) is 1. The van der Waals surface area contributed by atoms with Crippen molar-refractivity contribution in [1.29, 1.82) is 0 Å². The molecule has 31 heavy (non-hydrogen) atoms. The molecule has 2 aliphatic carbocycles. The van der Waals surface area contributed by atoms with Crippen LogP contribution in [-0.4, -0.2) is 54.2 Å². The maximum atomic E-state index is 12.4. The molecule has 7 nitrogen and oxygen atoms in total. The van der Waals surface area contributed by atoms with Crippen LogP contribution in [0.4, 0.5) is 4.79 Å². The Morgan fingerprint density at radius 2 is 1.65 bits per heavy atom. The lowest BCUT2D eigenvalue weighted by Gasteiger charge is -2.26. The molecule has 5 rings (SSSR count). The first-order valence-corrected chi connectivity index (χ1v) is 10.6. The van der Waals surface area contributed by atoms with E-state index in [0.717, 1.165) is 22.3 Å². The molecule has 2 fully saturated rings. The first-order valence-electron chi connectivity index (χ1n) is 10.6. The predicted molar refractivity (Wildman–Crippen MR) is 112 cm³/mol. The number of piperidine rings is 1. The molecule has 2 aromatic rings. The third-order valence-electron chi connectivity index (χ3n) is 6.86. The Morgan fingerprint density at radius 3 is 2.29 bits per heavy atom. The van der Waals surface area contributed by atoms with Gasteiger partial charge in [-0.15, -0.1) is 0 Å². The molecule has 1 saturated heterocycles. The second kappa shape index (κ2) is 7.72. The minimum atomic E-state index is -0.777. The van der Waals surface area contributed by atoms with Gasteiger partial charge in [-0.2, -0.15) is 0 Å². The quantitative estimate of drug-likeness (QED) is 0.775. The summed E-state index contributed by atoms with van der Waals surface area (Å²) in [6, 6.07) is 16.2. The van der Waals surface area contributed by atoms with Crippen LogP contribution in [0.2, 0.25) is 0 Å². The number of rotatable bonds is 5. The summed E-state index contributed by atoms with van der Waals surface area (Å²) in [6.45, 7) is 1.04. The van der Waals surface area contributed by atoms with Crippen LogP contribution in [0, 0.1) is 17.8 Å². The number of nitrogens with zero attached hydrogens (tertiary/aromatic N) is 1. The van der Waals surface area contributed by atoms with Crippen LogP contribution < -0.4 is 5.32 Å². The molecule has 1 heterocycles. The van der Waals surface area contributed by atoms with E-state index < -0.39 is 12.1 Å². The number of carboxylic acids is 1. The summed E-state index contributed by atoms with van der Waals surface area (Å²) in [7, 11) is 0. The Kier molecular flexibility index (Phi) is 4.88.